The van der Waals surface area contributed by atoms with E-state index in [1.807, 2.05) is 6.92 Å². The SMILES string of the molecule is CCNc1ccc(C(=O)NCC(=O)NC)cn1. The molecular formula is C11H16N4O2. The maximum Gasteiger partial charge on any atom is 0.253 e. The molecule has 6 nitrogen and oxygen atoms in total. The van der Waals surface area contributed by atoms with E-state index in [-0.39, 0.29) is 18.4 Å². The molecule has 1 aromatic rings. The number of aromatic nitrogens is 1. The average Bonchev–Trinajstić information content (AvgIpc) is 2.36. The number of carbonyl (C=O) groups excluding carboxylic acids is 2. The van der Waals surface area contributed by atoms with Crippen LogP contribution in [0.2, 0.25) is 0 Å². The summed E-state index contributed by atoms with van der Waals surface area (Å²) in [5, 5.41) is 7.93. The molecule has 17 heavy (non-hydrogen) atoms. The van der Waals surface area contributed by atoms with Crippen LogP contribution in [0.5, 0.6) is 0 Å². The highest BCUT2D eigenvalue weighted by atomic mass is 16.2. The highest BCUT2D eigenvalue weighted by Gasteiger charge is 2.07. The first-order valence-corrected chi connectivity index (χ1v) is 5.36. The third-order valence-electron chi connectivity index (χ3n) is 2.07. The lowest BCUT2D eigenvalue weighted by molar-refractivity contribution is -0.119. The van der Waals surface area contributed by atoms with E-state index in [1.165, 1.54) is 13.2 Å². The molecule has 6 heteroatoms. The van der Waals surface area contributed by atoms with Crippen molar-refractivity contribution in [3.63, 3.8) is 0 Å². The van der Waals surface area contributed by atoms with Gasteiger partial charge < -0.3 is 16.0 Å². The summed E-state index contributed by atoms with van der Waals surface area (Å²) in [5.74, 6) is 0.162. The average molecular weight is 236 g/mol. The monoisotopic (exact) mass is 236 g/mol. The van der Waals surface area contributed by atoms with E-state index < -0.39 is 0 Å². The summed E-state index contributed by atoms with van der Waals surface area (Å²) in [6, 6.07) is 3.38. The highest BCUT2D eigenvalue weighted by Crippen LogP contribution is 2.04. The molecule has 3 N–H and O–H groups in total. The Bertz CT molecular complexity index is 389. The van der Waals surface area contributed by atoms with Crippen molar-refractivity contribution in [3.8, 4) is 0 Å². The van der Waals surface area contributed by atoms with Crippen molar-refractivity contribution in [2.75, 3.05) is 25.5 Å². The number of pyridine rings is 1. The Morgan fingerprint density at radius 3 is 2.65 bits per heavy atom. The van der Waals surface area contributed by atoms with Gasteiger partial charge in [-0.1, -0.05) is 0 Å². The summed E-state index contributed by atoms with van der Waals surface area (Å²) >= 11 is 0. The Balaban J connectivity index is 2.54. The molecule has 2 amide bonds. The summed E-state index contributed by atoms with van der Waals surface area (Å²) in [6.45, 7) is 2.70. The topological polar surface area (TPSA) is 83.1 Å². The van der Waals surface area contributed by atoms with Crippen LogP contribution >= 0.6 is 0 Å². The van der Waals surface area contributed by atoms with Crippen molar-refractivity contribution in [2.45, 2.75) is 6.92 Å². The van der Waals surface area contributed by atoms with Crippen LogP contribution in [0.25, 0.3) is 0 Å². The normalized spacial score (nSPS) is 9.53. The fourth-order valence-corrected chi connectivity index (χ4v) is 1.16. The van der Waals surface area contributed by atoms with Crippen molar-refractivity contribution in [3.05, 3.63) is 23.9 Å². The van der Waals surface area contributed by atoms with Gasteiger partial charge in [-0.05, 0) is 19.1 Å². The van der Waals surface area contributed by atoms with Gasteiger partial charge in [0.25, 0.3) is 5.91 Å². The van der Waals surface area contributed by atoms with Gasteiger partial charge in [-0.3, -0.25) is 9.59 Å². The number of hydrogen-bond acceptors (Lipinski definition) is 4. The molecule has 0 spiro atoms. The molecule has 0 radical (unpaired) electrons. The van der Waals surface area contributed by atoms with Gasteiger partial charge in [0.05, 0.1) is 12.1 Å². The number of nitrogens with zero attached hydrogens (tertiary/aromatic N) is 1. The van der Waals surface area contributed by atoms with Crippen LogP contribution in [0.3, 0.4) is 0 Å². The third-order valence-corrected chi connectivity index (χ3v) is 2.07. The summed E-state index contributed by atoms with van der Waals surface area (Å²) in [7, 11) is 1.52. The second-order valence-electron chi connectivity index (χ2n) is 3.32. The molecule has 0 aliphatic carbocycles. The highest BCUT2D eigenvalue weighted by molar-refractivity contribution is 5.96. The lowest BCUT2D eigenvalue weighted by Crippen LogP contribution is -2.35. The molecule has 0 bridgehead atoms. The van der Waals surface area contributed by atoms with Crippen LogP contribution in [-0.2, 0) is 4.79 Å². The Labute approximate surface area is 99.8 Å². The van der Waals surface area contributed by atoms with Crippen molar-refractivity contribution < 1.29 is 9.59 Å². The van der Waals surface area contributed by atoms with Crippen LogP contribution in [0, 0.1) is 0 Å². The minimum atomic E-state index is -0.316. The van der Waals surface area contributed by atoms with E-state index in [0.717, 1.165) is 12.4 Å². The Kier molecular flexibility index (Phi) is 4.93. The van der Waals surface area contributed by atoms with E-state index in [9.17, 15) is 9.59 Å². The molecule has 0 atom stereocenters. The fraction of sp³-hybridized carbons (Fsp3) is 0.364. The number of hydrogen-bond donors (Lipinski definition) is 3. The van der Waals surface area contributed by atoms with E-state index in [4.69, 9.17) is 0 Å². The molecule has 0 saturated carbocycles. The van der Waals surface area contributed by atoms with Crippen molar-refractivity contribution in [1.82, 2.24) is 15.6 Å². The van der Waals surface area contributed by atoms with E-state index in [0.29, 0.717) is 5.56 Å². The molecule has 1 aromatic heterocycles. The Morgan fingerprint density at radius 1 is 1.35 bits per heavy atom. The fourth-order valence-electron chi connectivity index (χ4n) is 1.16. The van der Waals surface area contributed by atoms with Crippen LogP contribution in [-0.4, -0.2) is 36.9 Å². The van der Waals surface area contributed by atoms with Crippen molar-refractivity contribution in [2.24, 2.45) is 0 Å². The molecule has 0 aliphatic rings. The summed E-state index contributed by atoms with van der Waals surface area (Å²) in [5.41, 5.74) is 0.426. The first-order chi connectivity index (χ1) is 8.17. The largest absolute Gasteiger partial charge is 0.370 e. The summed E-state index contributed by atoms with van der Waals surface area (Å²) in [4.78, 5) is 26.6. The zero-order valence-corrected chi connectivity index (χ0v) is 9.91. The lowest BCUT2D eigenvalue weighted by atomic mass is 10.2. The first kappa shape index (κ1) is 13.0. The van der Waals surface area contributed by atoms with Crippen LogP contribution in [0.1, 0.15) is 17.3 Å². The summed E-state index contributed by atoms with van der Waals surface area (Å²) in [6.07, 6.45) is 1.47. The lowest BCUT2D eigenvalue weighted by Gasteiger charge is -2.05. The van der Waals surface area contributed by atoms with Crippen molar-refractivity contribution >= 4 is 17.6 Å². The quantitative estimate of drug-likeness (QED) is 0.671. The maximum atomic E-state index is 11.6. The molecule has 0 saturated heterocycles. The number of carbonyl (C=O) groups is 2. The van der Waals surface area contributed by atoms with Crippen LogP contribution in [0.15, 0.2) is 18.3 Å². The second kappa shape index (κ2) is 6.47. The molecule has 1 heterocycles. The van der Waals surface area contributed by atoms with Gasteiger partial charge in [0.2, 0.25) is 5.91 Å². The second-order valence-corrected chi connectivity index (χ2v) is 3.32. The third kappa shape index (κ3) is 4.10. The van der Waals surface area contributed by atoms with Crippen LogP contribution < -0.4 is 16.0 Å². The summed E-state index contributed by atoms with van der Waals surface area (Å²) < 4.78 is 0. The molecule has 0 fully saturated rings. The number of amides is 2. The number of rotatable bonds is 5. The van der Waals surface area contributed by atoms with Gasteiger partial charge in [0, 0.05) is 19.8 Å². The van der Waals surface area contributed by atoms with Gasteiger partial charge in [-0.15, -0.1) is 0 Å². The molecular weight excluding hydrogens is 220 g/mol. The predicted octanol–water partition coefficient (Wildman–Crippen LogP) is -0.0108. The van der Waals surface area contributed by atoms with Gasteiger partial charge in [0.15, 0.2) is 0 Å². The van der Waals surface area contributed by atoms with E-state index in [2.05, 4.69) is 20.9 Å². The number of anilines is 1. The van der Waals surface area contributed by atoms with Crippen LogP contribution in [0.4, 0.5) is 5.82 Å². The van der Waals surface area contributed by atoms with Gasteiger partial charge in [0.1, 0.15) is 5.82 Å². The Hall–Kier alpha value is -2.11. The zero-order valence-electron chi connectivity index (χ0n) is 9.91. The smallest absolute Gasteiger partial charge is 0.253 e. The molecule has 92 valence electrons. The number of nitrogens with one attached hydrogen (secondary N) is 3. The zero-order chi connectivity index (χ0) is 12.7. The Morgan fingerprint density at radius 2 is 2.12 bits per heavy atom. The van der Waals surface area contributed by atoms with Gasteiger partial charge >= 0.3 is 0 Å². The molecule has 0 aromatic carbocycles. The minimum Gasteiger partial charge on any atom is -0.370 e. The minimum absolute atomic E-state index is 0.0374. The first-order valence-electron chi connectivity index (χ1n) is 5.36. The molecule has 0 aliphatic heterocycles. The number of likely N-dealkylation sites (N-methyl/N-ethyl adjacent to an activating group) is 1. The predicted molar refractivity (Wildman–Crippen MR) is 64.8 cm³/mol. The molecule has 1 rings (SSSR count). The molecule has 0 unspecified atom stereocenters. The van der Waals surface area contributed by atoms with Gasteiger partial charge in [-0.25, -0.2) is 4.98 Å². The van der Waals surface area contributed by atoms with Crippen molar-refractivity contribution in [1.29, 1.82) is 0 Å². The van der Waals surface area contributed by atoms with E-state index >= 15 is 0 Å². The maximum absolute atomic E-state index is 11.6. The van der Waals surface area contributed by atoms with E-state index in [1.54, 1.807) is 12.1 Å². The van der Waals surface area contributed by atoms with Gasteiger partial charge in [-0.2, -0.15) is 0 Å². The standard InChI is InChI=1S/C11H16N4O2/c1-3-13-9-5-4-8(6-14-9)11(17)15-7-10(16)12-2/h4-6H,3,7H2,1-2H3,(H,12,16)(H,13,14)(H,15,17).